The van der Waals surface area contributed by atoms with Gasteiger partial charge in [-0.3, -0.25) is 5.43 Å². The number of benzene rings is 2. The number of aromatic nitrogens is 1. The molecule has 0 spiro atoms. The fourth-order valence-electron chi connectivity index (χ4n) is 2.23. The number of halogens is 1. The smallest absolute Gasteiger partial charge is 0.203 e. The molecule has 0 aliphatic rings. The number of thiazole rings is 1. The minimum Gasteiger partial charge on any atom is -0.494 e. The summed E-state index contributed by atoms with van der Waals surface area (Å²) in [4.78, 5) is 4.58. The molecule has 2 aromatic carbocycles. The van der Waals surface area contributed by atoms with Crippen molar-refractivity contribution in [3.63, 3.8) is 0 Å². The summed E-state index contributed by atoms with van der Waals surface area (Å²) in [5.41, 5.74) is 7.00. The van der Waals surface area contributed by atoms with Gasteiger partial charge in [-0.25, -0.2) is 4.98 Å². The van der Waals surface area contributed by atoms with Crippen LogP contribution < -0.4 is 10.2 Å². The molecule has 1 aromatic heterocycles. The minimum absolute atomic E-state index is 0.665. The molecule has 0 aliphatic heterocycles. The summed E-state index contributed by atoms with van der Waals surface area (Å²) >= 11 is 4.98. The molecule has 0 aliphatic carbocycles. The Morgan fingerprint density at radius 2 is 1.88 bits per heavy atom. The summed E-state index contributed by atoms with van der Waals surface area (Å²) in [6.07, 6.45) is 0. The molecular formula is C19H18BrN3OS. The Balaban J connectivity index is 1.68. The highest BCUT2D eigenvalue weighted by Gasteiger charge is 2.05. The molecule has 0 fully saturated rings. The Kier molecular flexibility index (Phi) is 5.83. The molecule has 0 unspecified atom stereocenters. The Hall–Kier alpha value is -2.18. The van der Waals surface area contributed by atoms with Crippen molar-refractivity contribution >= 4 is 38.1 Å². The van der Waals surface area contributed by atoms with Crippen molar-refractivity contribution in [2.45, 2.75) is 13.8 Å². The maximum absolute atomic E-state index is 5.46. The van der Waals surface area contributed by atoms with E-state index in [1.165, 1.54) is 11.3 Å². The maximum Gasteiger partial charge on any atom is 0.203 e. The van der Waals surface area contributed by atoms with Crippen LogP contribution in [0.15, 0.2) is 63.5 Å². The molecule has 3 rings (SSSR count). The van der Waals surface area contributed by atoms with Crippen LogP contribution in [0.2, 0.25) is 0 Å². The van der Waals surface area contributed by atoms with E-state index >= 15 is 0 Å². The predicted molar refractivity (Wildman–Crippen MR) is 109 cm³/mol. The van der Waals surface area contributed by atoms with Crippen molar-refractivity contribution in [3.05, 3.63) is 63.9 Å². The molecule has 0 bridgehead atoms. The number of hydrogen-bond donors (Lipinski definition) is 1. The fraction of sp³-hybridized carbons (Fsp3) is 0.158. The standard InChI is InChI=1S/C19H18BrN3OS/c1-3-24-17-10-6-14(7-11-17)13(2)22-23-19-21-18(12-25-19)15-4-8-16(20)9-5-15/h4-12H,3H2,1-2H3,(H,21,23)/b22-13-. The third kappa shape index (κ3) is 4.67. The summed E-state index contributed by atoms with van der Waals surface area (Å²) in [5, 5.41) is 7.22. The molecule has 1 heterocycles. The molecule has 25 heavy (non-hydrogen) atoms. The van der Waals surface area contributed by atoms with Crippen LogP contribution in [0.4, 0.5) is 5.13 Å². The average molecular weight is 416 g/mol. The number of hydrazone groups is 1. The van der Waals surface area contributed by atoms with E-state index in [1.807, 2.05) is 67.8 Å². The molecule has 0 saturated carbocycles. The van der Waals surface area contributed by atoms with Crippen LogP contribution in [-0.4, -0.2) is 17.3 Å². The second-order valence-electron chi connectivity index (χ2n) is 5.31. The van der Waals surface area contributed by atoms with Gasteiger partial charge in [-0.05, 0) is 55.8 Å². The largest absolute Gasteiger partial charge is 0.494 e. The van der Waals surface area contributed by atoms with Gasteiger partial charge in [0.05, 0.1) is 18.0 Å². The third-order valence-corrected chi connectivity index (χ3v) is 4.82. The highest BCUT2D eigenvalue weighted by molar-refractivity contribution is 9.10. The van der Waals surface area contributed by atoms with Gasteiger partial charge < -0.3 is 4.74 Å². The molecule has 4 nitrogen and oxygen atoms in total. The monoisotopic (exact) mass is 415 g/mol. The quantitative estimate of drug-likeness (QED) is 0.408. The summed E-state index contributed by atoms with van der Waals surface area (Å²) < 4.78 is 6.51. The first-order valence-corrected chi connectivity index (χ1v) is 9.58. The van der Waals surface area contributed by atoms with Crippen LogP contribution in [0.1, 0.15) is 19.4 Å². The van der Waals surface area contributed by atoms with E-state index in [4.69, 9.17) is 4.74 Å². The number of ether oxygens (including phenoxy) is 1. The molecule has 6 heteroatoms. The van der Waals surface area contributed by atoms with E-state index in [0.717, 1.165) is 37.9 Å². The van der Waals surface area contributed by atoms with Crippen molar-refractivity contribution in [2.24, 2.45) is 5.10 Å². The number of nitrogens with zero attached hydrogens (tertiary/aromatic N) is 2. The first-order valence-electron chi connectivity index (χ1n) is 7.90. The Morgan fingerprint density at radius 1 is 1.16 bits per heavy atom. The van der Waals surface area contributed by atoms with Crippen molar-refractivity contribution < 1.29 is 4.74 Å². The van der Waals surface area contributed by atoms with E-state index in [0.29, 0.717) is 6.61 Å². The normalized spacial score (nSPS) is 11.4. The van der Waals surface area contributed by atoms with Crippen LogP contribution in [0.5, 0.6) is 5.75 Å². The summed E-state index contributed by atoms with van der Waals surface area (Å²) in [5.74, 6) is 0.867. The van der Waals surface area contributed by atoms with Gasteiger partial charge in [0.15, 0.2) is 0 Å². The Morgan fingerprint density at radius 3 is 2.56 bits per heavy atom. The molecule has 0 atom stereocenters. The van der Waals surface area contributed by atoms with Crippen molar-refractivity contribution in [1.82, 2.24) is 4.98 Å². The van der Waals surface area contributed by atoms with Crippen molar-refractivity contribution in [3.8, 4) is 17.0 Å². The zero-order chi connectivity index (χ0) is 17.6. The van der Waals surface area contributed by atoms with Crippen LogP contribution >= 0.6 is 27.3 Å². The number of nitrogens with one attached hydrogen (secondary N) is 1. The van der Waals surface area contributed by atoms with Crippen LogP contribution in [0, 0.1) is 0 Å². The first kappa shape index (κ1) is 17.6. The SMILES string of the molecule is CCOc1ccc(/C(C)=N\Nc2nc(-c3ccc(Br)cc3)cs2)cc1. The molecular weight excluding hydrogens is 398 g/mol. The molecule has 3 aromatic rings. The van der Waals surface area contributed by atoms with Gasteiger partial charge >= 0.3 is 0 Å². The highest BCUT2D eigenvalue weighted by atomic mass is 79.9. The fourth-order valence-corrected chi connectivity index (χ4v) is 3.16. The number of rotatable bonds is 6. The first-order chi connectivity index (χ1) is 12.2. The molecule has 0 radical (unpaired) electrons. The summed E-state index contributed by atoms with van der Waals surface area (Å²) in [6, 6.07) is 16.0. The lowest BCUT2D eigenvalue weighted by molar-refractivity contribution is 0.340. The zero-order valence-electron chi connectivity index (χ0n) is 14.0. The Bertz CT molecular complexity index is 857. The third-order valence-electron chi connectivity index (χ3n) is 3.55. The summed E-state index contributed by atoms with van der Waals surface area (Å²) in [7, 11) is 0. The van der Waals surface area contributed by atoms with E-state index in [2.05, 4.69) is 31.4 Å². The van der Waals surface area contributed by atoms with Gasteiger partial charge in [0.2, 0.25) is 5.13 Å². The lowest BCUT2D eigenvalue weighted by atomic mass is 10.1. The van der Waals surface area contributed by atoms with Crippen LogP contribution in [0.25, 0.3) is 11.3 Å². The molecule has 128 valence electrons. The van der Waals surface area contributed by atoms with E-state index in [9.17, 15) is 0 Å². The molecule has 1 N–H and O–H groups in total. The maximum atomic E-state index is 5.46. The summed E-state index contributed by atoms with van der Waals surface area (Å²) in [6.45, 7) is 4.60. The van der Waals surface area contributed by atoms with Crippen molar-refractivity contribution in [2.75, 3.05) is 12.0 Å². The Labute approximate surface area is 159 Å². The van der Waals surface area contributed by atoms with Crippen LogP contribution in [0.3, 0.4) is 0 Å². The molecule has 0 saturated heterocycles. The lowest BCUT2D eigenvalue weighted by Gasteiger charge is -2.05. The van der Waals surface area contributed by atoms with Gasteiger partial charge in [0, 0.05) is 15.4 Å². The van der Waals surface area contributed by atoms with Gasteiger partial charge in [-0.2, -0.15) is 5.10 Å². The average Bonchev–Trinajstić information content (AvgIpc) is 3.10. The number of hydrogen-bond acceptors (Lipinski definition) is 5. The van der Waals surface area contributed by atoms with Gasteiger partial charge in [-0.15, -0.1) is 11.3 Å². The predicted octanol–water partition coefficient (Wildman–Crippen LogP) is 5.81. The molecule has 0 amide bonds. The van der Waals surface area contributed by atoms with Crippen LogP contribution in [-0.2, 0) is 0 Å². The van der Waals surface area contributed by atoms with Gasteiger partial charge in [-0.1, -0.05) is 28.1 Å². The minimum atomic E-state index is 0.665. The van der Waals surface area contributed by atoms with E-state index < -0.39 is 0 Å². The lowest BCUT2D eigenvalue weighted by Crippen LogP contribution is -2.00. The van der Waals surface area contributed by atoms with E-state index in [-0.39, 0.29) is 0 Å². The second kappa shape index (κ2) is 8.27. The van der Waals surface area contributed by atoms with Gasteiger partial charge in [0.25, 0.3) is 0 Å². The zero-order valence-corrected chi connectivity index (χ0v) is 16.4. The number of anilines is 1. The topological polar surface area (TPSA) is 46.5 Å². The second-order valence-corrected chi connectivity index (χ2v) is 7.08. The van der Waals surface area contributed by atoms with E-state index in [1.54, 1.807) is 0 Å². The van der Waals surface area contributed by atoms with Crippen molar-refractivity contribution in [1.29, 1.82) is 0 Å². The van der Waals surface area contributed by atoms with Gasteiger partial charge in [0.1, 0.15) is 5.75 Å². The highest BCUT2D eigenvalue weighted by Crippen LogP contribution is 2.26.